The number of imide groups is 1. The summed E-state index contributed by atoms with van der Waals surface area (Å²) in [4.78, 5) is 45.5. The molecular weight excluding hydrogens is 328 g/mol. The number of hydrogen-bond acceptors (Lipinski definition) is 5. The Kier molecular flexibility index (Phi) is 3.45. The molecule has 3 amide bonds. The van der Waals surface area contributed by atoms with E-state index >= 15 is 0 Å². The van der Waals surface area contributed by atoms with Crippen molar-refractivity contribution in [1.29, 1.82) is 0 Å². The quantitative estimate of drug-likeness (QED) is 0.778. The van der Waals surface area contributed by atoms with Gasteiger partial charge in [-0.2, -0.15) is 0 Å². The predicted molar refractivity (Wildman–Crippen MR) is 88.9 cm³/mol. The molecule has 1 saturated heterocycles. The topological polar surface area (TPSA) is 75.0 Å². The molecular formula is C16H18N4O3S. The molecule has 2 aliphatic rings. The fraction of sp³-hybridized carbons (Fsp3) is 0.500. The molecule has 0 atom stereocenters. The lowest BCUT2D eigenvalue weighted by Gasteiger charge is -2.35. The van der Waals surface area contributed by atoms with Gasteiger partial charge < -0.3 is 4.90 Å². The van der Waals surface area contributed by atoms with Gasteiger partial charge in [0.25, 0.3) is 11.5 Å². The first-order valence-electron chi connectivity index (χ1n) is 8.08. The molecule has 2 aromatic heterocycles. The Balaban J connectivity index is 1.67. The van der Waals surface area contributed by atoms with E-state index in [1.807, 2.05) is 0 Å². The Morgan fingerprint density at radius 2 is 1.96 bits per heavy atom. The van der Waals surface area contributed by atoms with Crippen LogP contribution in [0.2, 0.25) is 0 Å². The molecule has 0 unspecified atom stereocenters. The minimum Gasteiger partial charge on any atom is -0.313 e. The zero-order valence-corrected chi connectivity index (χ0v) is 14.2. The molecule has 2 fully saturated rings. The lowest BCUT2D eigenvalue weighted by atomic mass is 9.81. The average Bonchev–Trinajstić information content (AvgIpc) is 3.12. The third-order valence-corrected chi connectivity index (χ3v) is 5.92. The van der Waals surface area contributed by atoms with Gasteiger partial charge in [0.05, 0.1) is 12.2 Å². The highest BCUT2D eigenvalue weighted by Gasteiger charge is 2.55. The first-order valence-corrected chi connectivity index (χ1v) is 8.96. The molecule has 1 spiro atoms. The highest BCUT2D eigenvalue weighted by atomic mass is 32.1. The van der Waals surface area contributed by atoms with Crippen LogP contribution >= 0.6 is 11.3 Å². The summed E-state index contributed by atoms with van der Waals surface area (Å²) in [5.74, 6) is -0.150. The number of carbonyl (C=O) groups is 2. The third-order valence-electron chi connectivity index (χ3n) is 5.16. The number of aromatic nitrogens is 2. The molecule has 8 heteroatoms. The van der Waals surface area contributed by atoms with Crippen LogP contribution in [0.4, 0.5) is 4.79 Å². The number of nitrogens with zero attached hydrogens (tertiary/aromatic N) is 4. The molecule has 0 bridgehead atoms. The monoisotopic (exact) mass is 346 g/mol. The van der Waals surface area contributed by atoms with Gasteiger partial charge in [0.1, 0.15) is 5.54 Å². The van der Waals surface area contributed by atoms with Crippen LogP contribution in [0.3, 0.4) is 0 Å². The zero-order valence-electron chi connectivity index (χ0n) is 13.4. The van der Waals surface area contributed by atoms with Crippen LogP contribution in [-0.4, -0.2) is 43.7 Å². The standard InChI is InChI=1S/C16H18N4O3S/c1-18-15(23)20(13(22)16(18)5-3-2-4-6-16)10-11-9-12(21)19-7-8-24-14(19)17-11/h7-9H,2-6,10H2,1H3. The third kappa shape index (κ3) is 2.09. The van der Waals surface area contributed by atoms with Crippen molar-refractivity contribution in [3.63, 3.8) is 0 Å². The maximum absolute atomic E-state index is 13.0. The lowest BCUT2D eigenvalue weighted by Crippen LogP contribution is -2.49. The van der Waals surface area contributed by atoms with E-state index in [9.17, 15) is 14.4 Å². The second-order valence-corrected chi connectivity index (χ2v) is 7.34. The molecule has 1 aliphatic carbocycles. The average molecular weight is 346 g/mol. The van der Waals surface area contributed by atoms with Gasteiger partial charge in [0.2, 0.25) is 0 Å². The van der Waals surface area contributed by atoms with Crippen molar-refractivity contribution in [1.82, 2.24) is 19.2 Å². The van der Waals surface area contributed by atoms with E-state index in [-0.39, 0.29) is 24.0 Å². The summed E-state index contributed by atoms with van der Waals surface area (Å²) in [6.07, 6.45) is 6.10. The number of likely N-dealkylation sites (N-methyl/N-ethyl adjacent to an activating group) is 1. The van der Waals surface area contributed by atoms with Gasteiger partial charge in [-0.1, -0.05) is 19.3 Å². The van der Waals surface area contributed by atoms with Gasteiger partial charge >= 0.3 is 6.03 Å². The number of hydrogen-bond donors (Lipinski definition) is 0. The van der Waals surface area contributed by atoms with Crippen molar-refractivity contribution in [2.24, 2.45) is 0 Å². The fourth-order valence-electron chi connectivity index (χ4n) is 3.80. The summed E-state index contributed by atoms with van der Waals surface area (Å²) in [5, 5.41) is 1.78. The van der Waals surface area contributed by atoms with Crippen LogP contribution in [0, 0.1) is 0 Å². The maximum atomic E-state index is 13.0. The van der Waals surface area contributed by atoms with Crippen LogP contribution in [0.15, 0.2) is 22.4 Å². The minimum atomic E-state index is -0.697. The van der Waals surface area contributed by atoms with Crippen LogP contribution in [0.1, 0.15) is 37.8 Å². The van der Waals surface area contributed by atoms with Gasteiger partial charge in [-0.3, -0.25) is 18.9 Å². The SMILES string of the molecule is CN1C(=O)N(Cc2cc(=O)n3ccsc3n2)C(=O)C12CCCCC2. The number of carbonyl (C=O) groups excluding carboxylic acids is 2. The maximum Gasteiger partial charge on any atom is 0.327 e. The lowest BCUT2D eigenvalue weighted by molar-refractivity contribution is -0.134. The normalized spacial score (nSPS) is 20.5. The molecule has 1 saturated carbocycles. The van der Waals surface area contributed by atoms with Crippen molar-refractivity contribution < 1.29 is 9.59 Å². The first-order chi connectivity index (χ1) is 11.5. The first kappa shape index (κ1) is 15.3. The van der Waals surface area contributed by atoms with Gasteiger partial charge in [0.15, 0.2) is 4.96 Å². The van der Waals surface area contributed by atoms with Gasteiger partial charge in [-0.05, 0) is 12.8 Å². The second-order valence-electron chi connectivity index (χ2n) is 6.47. The van der Waals surface area contributed by atoms with Crippen LogP contribution in [-0.2, 0) is 11.3 Å². The van der Waals surface area contributed by atoms with E-state index < -0.39 is 5.54 Å². The number of fused-ring (bicyclic) bond motifs is 1. The van der Waals surface area contributed by atoms with Gasteiger partial charge in [0, 0.05) is 24.7 Å². The van der Waals surface area contributed by atoms with Crippen molar-refractivity contribution >= 4 is 28.2 Å². The number of amides is 3. The second kappa shape index (κ2) is 5.41. The van der Waals surface area contributed by atoms with Gasteiger partial charge in [-0.25, -0.2) is 9.78 Å². The molecule has 126 valence electrons. The van der Waals surface area contributed by atoms with E-state index in [2.05, 4.69) is 4.98 Å². The molecule has 0 radical (unpaired) electrons. The van der Waals surface area contributed by atoms with Crippen molar-refractivity contribution in [3.05, 3.63) is 33.7 Å². The summed E-state index contributed by atoms with van der Waals surface area (Å²) in [5.41, 5.74) is -0.446. The summed E-state index contributed by atoms with van der Waals surface area (Å²) in [6, 6.07) is 1.10. The molecule has 2 aromatic rings. The fourth-order valence-corrected chi connectivity index (χ4v) is 4.54. The van der Waals surface area contributed by atoms with E-state index in [0.717, 1.165) is 19.3 Å². The van der Waals surface area contributed by atoms with Crippen molar-refractivity contribution in [2.75, 3.05) is 7.05 Å². The van der Waals surface area contributed by atoms with Crippen molar-refractivity contribution in [2.45, 2.75) is 44.2 Å². The Morgan fingerprint density at radius 1 is 1.21 bits per heavy atom. The van der Waals surface area contributed by atoms with E-state index in [0.29, 0.717) is 23.5 Å². The van der Waals surface area contributed by atoms with Crippen LogP contribution in [0.25, 0.3) is 4.96 Å². The molecule has 0 aromatic carbocycles. The van der Waals surface area contributed by atoms with E-state index in [1.54, 1.807) is 23.5 Å². The van der Waals surface area contributed by atoms with E-state index in [4.69, 9.17) is 0 Å². The summed E-state index contributed by atoms with van der Waals surface area (Å²) < 4.78 is 1.45. The van der Waals surface area contributed by atoms with E-state index in [1.165, 1.54) is 26.7 Å². The highest BCUT2D eigenvalue weighted by Crippen LogP contribution is 2.39. The summed E-state index contributed by atoms with van der Waals surface area (Å²) in [6.45, 7) is 0.0490. The molecule has 24 heavy (non-hydrogen) atoms. The Bertz CT molecular complexity index is 881. The molecule has 1 aliphatic heterocycles. The minimum absolute atomic E-state index is 0.0490. The highest BCUT2D eigenvalue weighted by molar-refractivity contribution is 7.15. The van der Waals surface area contributed by atoms with Crippen molar-refractivity contribution in [3.8, 4) is 0 Å². The van der Waals surface area contributed by atoms with Gasteiger partial charge in [-0.15, -0.1) is 11.3 Å². The van der Waals surface area contributed by atoms with Crippen LogP contribution in [0.5, 0.6) is 0 Å². The molecule has 7 nitrogen and oxygen atoms in total. The largest absolute Gasteiger partial charge is 0.327 e. The zero-order chi connectivity index (χ0) is 16.9. The Labute approximate surface area is 142 Å². The Morgan fingerprint density at radius 3 is 2.71 bits per heavy atom. The number of thiazole rings is 1. The molecule has 0 N–H and O–H groups in total. The summed E-state index contributed by atoms with van der Waals surface area (Å²) >= 11 is 1.35. The molecule has 4 rings (SSSR count). The Hall–Kier alpha value is -2.22. The number of rotatable bonds is 2. The number of urea groups is 1. The predicted octanol–water partition coefficient (Wildman–Crippen LogP) is 1.85. The molecule has 3 heterocycles. The summed E-state index contributed by atoms with van der Waals surface area (Å²) in [7, 11) is 1.70. The smallest absolute Gasteiger partial charge is 0.313 e. The van der Waals surface area contributed by atoms with Crippen LogP contribution < -0.4 is 5.56 Å².